The molecule has 3 rings (SSSR count). The second-order valence-electron chi connectivity index (χ2n) is 6.77. The number of aromatic nitrogens is 4. The van der Waals surface area contributed by atoms with Gasteiger partial charge in [0.2, 0.25) is 0 Å². The Balaban J connectivity index is 1.81. The van der Waals surface area contributed by atoms with E-state index in [1.165, 1.54) is 0 Å². The molecule has 0 aromatic carbocycles. The highest BCUT2D eigenvalue weighted by Gasteiger charge is 2.34. The molecule has 24 heavy (non-hydrogen) atoms. The van der Waals surface area contributed by atoms with Crippen LogP contribution in [-0.2, 0) is 4.74 Å². The summed E-state index contributed by atoms with van der Waals surface area (Å²) in [4.78, 5) is 18.6. The number of ether oxygens (including phenoxy) is 1. The molecule has 0 spiro atoms. The molecule has 1 fully saturated rings. The summed E-state index contributed by atoms with van der Waals surface area (Å²) < 4.78 is 10.8. The van der Waals surface area contributed by atoms with Crippen LogP contribution in [0.2, 0.25) is 0 Å². The van der Waals surface area contributed by atoms with Gasteiger partial charge in [-0.05, 0) is 46.1 Å². The van der Waals surface area contributed by atoms with Gasteiger partial charge in [-0.1, -0.05) is 5.16 Å². The van der Waals surface area contributed by atoms with Crippen LogP contribution in [0.4, 0.5) is 4.79 Å². The second-order valence-corrected chi connectivity index (χ2v) is 6.77. The fourth-order valence-electron chi connectivity index (χ4n) is 2.64. The van der Waals surface area contributed by atoms with Crippen molar-refractivity contribution in [2.45, 2.75) is 51.7 Å². The molecule has 8 heteroatoms. The first-order valence-corrected chi connectivity index (χ1v) is 8.04. The molecular weight excluding hydrogens is 310 g/mol. The molecule has 0 bridgehead atoms. The summed E-state index contributed by atoms with van der Waals surface area (Å²) in [6.07, 6.45) is 5.51. The van der Waals surface area contributed by atoms with Gasteiger partial charge in [0.25, 0.3) is 5.89 Å². The Bertz CT molecular complexity index is 695. The Hall–Kier alpha value is -2.51. The first kappa shape index (κ1) is 16.4. The van der Waals surface area contributed by atoms with Gasteiger partial charge in [0.15, 0.2) is 5.82 Å². The van der Waals surface area contributed by atoms with E-state index in [0.717, 1.165) is 19.3 Å². The molecule has 1 saturated heterocycles. The summed E-state index contributed by atoms with van der Waals surface area (Å²) in [5.74, 6) is 0.863. The summed E-state index contributed by atoms with van der Waals surface area (Å²) in [7, 11) is 0. The van der Waals surface area contributed by atoms with Gasteiger partial charge in [-0.25, -0.2) is 4.79 Å². The van der Waals surface area contributed by atoms with Crippen molar-refractivity contribution in [3.05, 3.63) is 24.3 Å². The minimum absolute atomic E-state index is 0.235. The predicted octanol–water partition coefficient (Wildman–Crippen LogP) is 2.99. The number of hydrogen-bond donors (Lipinski definition) is 0. The molecule has 0 radical (unpaired) electrons. The number of nitrogens with zero attached hydrogens (tertiary/aromatic N) is 5. The van der Waals surface area contributed by atoms with E-state index in [0.29, 0.717) is 23.8 Å². The number of amides is 1. The van der Waals surface area contributed by atoms with Crippen molar-refractivity contribution in [3.8, 4) is 11.5 Å². The molecule has 0 unspecified atom stereocenters. The van der Waals surface area contributed by atoms with Crippen molar-refractivity contribution in [2.75, 3.05) is 6.54 Å². The zero-order chi connectivity index (χ0) is 17.2. The molecule has 1 aliphatic heterocycles. The highest BCUT2D eigenvalue weighted by molar-refractivity contribution is 5.68. The normalized spacial score (nSPS) is 18.5. The Labute approximate surface area is 140 Å². The predicted molar refractivity (Wildman–Crippen MR) is 84.9 cm³/mol. The average Bonchev–Trinajstić information content (AvgIpc) is 3.04. The van der Waals surface area contributed by atoms with E-state index < -0.39 is 5.60 Å². The van der Waals surface area contributed by atoms with E-state index in [1.807, 2.05) is 20.8 Å². The number of carbonyl (C=O) groups excluding carboxylic acids is 1. The van der Waals surface area contributed by atoms with Crippen LogP contribution in [0.25, 0.3) is 11.5 Å². The molecule has 2 aromatic rings. The van der Waals surface area contributed by atoms with Crippen LogP contribution < -0.4 is 0 Å². The molecule has 0 N–H and O–H groups in total. The monoisotopic (exact) mass is 331 g/mol. The Morgan fingerprint density at radius 1 is 1.33 bits per heavy atom. The van der Waals surface area contributed by atoms with E-state index in [9.17, 15) is 4.79 Å². The lowest BCUT2D eigenvalue weighted by Crippen LogP contribution is -2.42. The zero-order valence-electron chi connectivity index (χ0n) is 14.1. The van der Waals surface area contributed by atoms with Crippen LogP contribution in [0, 0.1) is 0 Å². The Morgan fingerprint density at radius 3 is 2.88 bits per heavy atom. The first-order chi connectivity index (χ1) is 11.4. The number of hydrogen-bond acceptors (Lipinski definition) is 7. The van der Waals surface area contributed by atoms with Gasteiger partial charge in [-0.2, -0.15) is 15.2 Å². The average molecular weight is 331 g/mol. The number of piperidine rings is 1. The van der Waals surface area contributed by atoms with Gasteiger partial charge in [0.1, 0.15) is 5.60 Å². The maximum atomic E-state index is 12.5. The van der Waals surface area contributed by atoms with Crippen LogP contribution in [0.1, 0.15) is 51.9 Å². The molecule has 1 aliphatic rings. The third-order valence-electron chi connectivity index (χ3n) is 3.70. The fourth-order valence-corrected chi connectivity index (χ4v) is 2.64. The first-order valence-electron chi connectivity index (χ1n) is 8.04. The summed E-state index contributed by atoms with van der Waals surface area (Å²) in [5.41, 5.74) is 0.160. The van der Waals surface area contributed by atoms with Crippen molar-refractivity contribution in [1.29, 1.82) is 0 Å². The topological polar surface area (TPSA) is 94.2 Å². The Kier molecular flexibility index (Phi) is 4.46. The summed E-state index contributed by atoms with van der Waals surface area (Å²) >= 11 is 0. The number of carbonyl (C=O) groups is 1. The molecule has 2 aromatic heterocycles. The van der Waals surface area contributed by atoms with Gasteiger partial charge < -0.3 is 9.26 Å². The van der Waals surface area contributed by atoms with Crippen LogP contribution in [0.15, 0.2) is 23.0 Å². The van der Waals surface area contributed by atoms with Crippen molar-refractivity contribution in [3.63, 3.8) is 0 Å². The van der Waals surface area contributed by atoms with Crippen molar-refractivity contribution < 1.29 is 14.1 Å². The molecule has 1 atom stereocenters. The van der Waals surface area contributed by atoms with Crippen molar-refractivity contribution in [1.82, 2.24) is 25.2 Å². The minimum atomic E-state index is -0.537. The van der Waals surface area contributed by atoms with Crippen molar-refractivity contribution in [2.24, 2.45) is 0 Å². The fraction of sp³-hybridized carbons (Fsp3) is 0.562. The van der Waals surface area contributed by atoms with Crippen LogP contribution >= 0.6 is 0 Å². The van der Waals surface area contributed by atoms with Gasteiger partial charge in [0, 0.05) is 6.54 Å². The molecule has 8 nitrogen and oxygen atoms in total. The zero-order valence-corrected chi connectivity index (χ0v) is 14.1. The van der Waals surface area contributed by atoms with Crippen LogP contribution in [0.3, 0.4) is 0 Å². The van der Waals surface area contributed by atoms with Crippen LogP contribution in [0.5, 0.6) is 0 Å². The lowest BCUT2D eigenvalue weighted by atomic mass is 10.0. The molecule has 0 saturated carbocycles. The van der Waals surface area contributed by atoms with E-state index in [2.05, 4.69) is 20.3 Å². The molecule has 128 valence electrons. The lowest BCUT2D eigenvalue weighted by molar-refractivity contribution is 0.00821. The maximum Gasteiger partial charge on any atom is 0.410 e. The SMILES string of the molecule is CC(C)(C)OC(=O)N1CCCC[C@@H]1c1noc(-c2ccnnc2)n1. The molecule has 3 heterocycles. The third-order valence-corrected chi connectivity index (χ3v) is 3.70. The quantitative estimate of drug-likeness (QED) is 0.834. The van der Waals surface area contributed by atoms with Gasteiger partial charge in [0.05, 0.1) is 24.0 Å². The second kappa shape index (κ2) is 6.54. The highest BCUT2D eigenvalue weighted by Crippen LogP contribution is 2.31. The standard InChI is InChI=1S/C16H21N5O3/c1-16(2,3)23-15(22)21-9-5-4-6-12(21)13-19-14(24-20-13)11-7-8-17-18-10-11/h7-8,10,12H,4-6,9H2,1-3H3/t12-/m1/s1. The van der Waals surface area contributed by atoms with Gasteiger partial charge >= 0.3 is 6.09 Å². The van der Waals surface area contributed by atoms with Crippen LogP contribution in [-0.4, -0.2) is 43.5 Å². The number of rotatable bonds is 2. The summed E-state index contributed by atoms with van der Waals surface area (Å²) in [5, 5.41) is 11.6. The number of likely N-dealkylation sites (tertiary alicyclic amines) is 1. The smallest absolute Gasteiger partial charge is 0.410 e. The van der Waals surface area contributed by atoms with Crippen molar-refractivity contribution >= 4 is 6.09 Å². The van der Waals surface area contributed by atoms with Gasteiger partial charge in [-0.3, -0.25) is 4.90 Å². The summed E-state index contributed by atoms with van der Waals surface area (Å²) in [6.45, 7) is 6.19. The molecule has 0 aliphatic carbocycles. The molecular formula is C16H21N5O3. The largest absolute Gasteiger partial charge is 0.444 e. The maximum absolute atomic E-state index is 12.5. The summed E-state index contributed by atoms with van der Waals surface area (Å²) in [6, 6.07) is 1.51. The van der Waals surface area contributed by atoms with Gasteiger partial charge in [-0.15, -0.1) is 0 Å². The van der Waals surface area contributed by atoms with E-state index in [4.69, 9.17) is 9.26 Å². The highest BCUT2D eigenvalue weighted by atomic mass is 16.6. The third kappa shape index (κ3) is 3.69. The van der Waals surface area contributed by atoms with E-state index in [-0.39, 0.29) is 12.1 Å². The molecule has 1 amide bonds. The Morgan fingerprint density at radius 2 is 2.17 bits per heavy atom. The lowest BCUT2D eigenvalue weighted by Gasteiger charge is -2.35. The van der Waals surface area contributed by atoms with E-state index >= 15 is 0 Å². The minimum Gasteiger partial charge on any atom is -0.444 e. The van der Waals surface area contributed by atoms with E-state index in [1.54, 1.807) is 23.4 Å².